The molecule has 5 nitrogen and oxygen atoms in total. The van der Waals surface area contributed by atoms with Gasteiger partial charge in [0.25, 0.3) is 0 Å². The molecule has 0 aliphatic heterocycles. The first-order valence-corrected chi connectivity index (χ1v) is 3.59. The van der Waals surface area contributed by atoms with Crippen LogP contribution < -0.4 is 0 Å². The van der Waals surface area contributed by atoms with E-state index in [0.29, 0.717) is 5.56 Å². The monoisotopic (exact) mass is 198 g/mol. The van der Waals surface area contributed by atoms with Crippen molar-refractivity contribution in [3.8, 4) is 0 Å². The third-order valence-corrected chi connectivity index (χ3v) is 1.71. The Bertz CT molecular complexity index is 369. The van der Waals surface area contributed by atoms with Crippen molar-refractivity contribution in [1.82, 2.24) is 0 Å². The zero-order valence-corrected chi connectivity index (χ0v) is 7.44. The lowest BCUT2D eigenvalue weighted by Crippen LogP contribution is -2.03. The van der Waals surface area contributed by atoms with Gasteiger partial charge in [0.05, 0.1) is 11.1 Å². The van der Waals surface area contributed by atoms with Crippen molar-refractivity contribution in [3.63, 3.8) is 0 Å². The summed E-state index contributed by atoms with van der Waals surface area (Å²) in [6, 6.07) is 4.01. The maximum atomic E-state index is 10.6. The van der Waals surface area contributed by atoms with Crippen LogP contribution in [-0.2, 0) is 0 Å². The quantitative estimate of drug-likeness (QED) is 0.724. The van der Waals surface area contributed by atoms with Crippen molar-refractivity contribution < 1.29 is 25.3 Å². The van der Waals surface area contributed by atoms with Gasteiger partial charge in [-0.25, -0.2) is 9.59 Å². The molecule has 0 fully saturated rings. The molecular weight excluding hydrogens is 188 g/mol. The first-order valence-electron chi connectivity index (χ1n) is 3.59. The molecule has 0 amide bonds. The number of hydrogen-bond acceptors (Lipinski definition) is 2. The molecule has 0 radical (unpaired) electrons. The van der Waals surface area contributed by atoms with Gasteiger partial charge >= 0.3 is 11.9 Å². The van der Waals surface area contributed by atoms with E-state index >= 15 is 0 Å². The van der Waals surface area contributed by atoms with E-state index in [1.165, 1.54) is 12.1 Å². The Morgan fingerprint density at radius 2 is 1.71 bits per heavy atom. The van der Waals surface area contributed by atoms with Crippen molar-refractivity contribution in [2.75, 3.05) is 0 Å². The Morgan fingerprint density at radius 1 is 1.14 bits per heavy atom. The standard InChI is InChI=1S/C9H8O4.H2O/c1-5-2-3-6(8(10)11)4-7(5)9(12)13;/h2-4H,1H3,(H,10,11)(H,12,13);1H2. The summed E-state index contributed by atoms with van der Waals surface area (Å²) in [4.78, 5) is 21.1. The number of carboxylic acids is 2. The van der Waals surface area contributed by atoms with Crippen LogP contribution in [0.1, 0.15) is 26.3 Å². The lowest BCUT2D eigenvalue weighted by molar-refractivity contribution is 0.0695. The molecule has 0 spiro atoms. The van der Waals surface area contributed by atoms with Crippen LogP contribution in [0.2, 0.25) is 0 Å². The zero-order chi connectivity index (χ0) is 10.0. The number of carboxylic acid groups (broad SMARTS) is 2. The Kier molecular flexibility index (Phi) is 3.79. The second kappa shape index (κ2) is 4.38. The van der Waals surface area contributed by atoms with Crippen molar-refractivity contribution in [2.45, 2.75) is 6.92 Å². The minimum absolute atomic E-state index is 0. The largest absolute Gasteiger partial charge is 0.478 e. The van der Waals surface area contributed by atoms with Crippen LogP contribution in [0.5, 0.6) is 0 Å². The van der Waals surface area contributed by atoms with Crippen LogP contribution in [0.15, 0.2) is 18.2 Å². The minimum Gasteiger partial charge on any atom is -0.478 e. The first-order chi connectivity index (χ1) is 6.02. The van der Waals surface area contributed by atoms with Gasteiger partial charge < -0.3 is 15.7 Å². The van der Waals surface area contributed by atoms with Crippen LogP contribution in [0.3, 0.4) is 0 Å². The number of hydrogen-bond donors (Lipinski definition) is 2. The summed E-state index contributed by atoms with van der Waals surface area (Å²) in [6.07, 6.45) is 0. The molecule has 0 bridgehead atoms. The van der Waals surface area contributed by atoms with Gasteiger partial charge in [0.15, 0.2) is 0 Å². The molecule has 5 heteroatoms. The van der Waals surface area contributed by atoms with E-state index in [1.807, 2.05) is 0 Å². The molecule has 0 aliphatic rings. The topological polar surface area (TPSA) is 106 Å². The second-order valence-corrected chi connectivity index (χ2v) is 2.64. The summed E-state index contributed by atoms with van der Waals surface area (Å²) in [7, 11) is 0. The maximum Gasteiger partial charge on any atom is 0.335 e. The highest BCUT2D eigenvalue weighted by molar-refractivity contribution is 5.94. The zero-order valence-electron chi connectivity index (χ0n) is 7.44. The van der Waals surface area contributed by atoms with E-state index in [9.17, 15) is 9.59 Å². The predicted octanol–water partition coefficient (Wildman–Crippen LogP) is 0.567. The molecule has 1 rings (SSSR count). The molecule has 0 heterocycles. The smallest absolute Gasteiger partial charge is 0.335 e. The van der Waals surface area contributed by atoms with E-state index < -0.39 is 11.9 Å². The van der Waals surface area contributed by atoms with Crippen molar-refractivity contribution >= 4 is 11.9 Å². The van der Waals surface area contributed by atoms with Gasteiger partial charge in [-0.3, -0.25) is 0 Å². The van der Waals surface area contributed by atoms with E-state index in [4.69, 9.17) is 10.2 Å². The average Bonchev–Trinajstić information content (AvgIpc) is 2.04. The van der Waals surface area contributed by atoms with Crippen LogP contribution in [0.25, 0.3) is 0 Å². The Balaban J connectivity index is 0.00000169. The molecule has 76 valence electrons. The molecule has 14 heavy (non-hydrogen) atoms. The number of carbonyl (C=O) groups is 2. The van der Waals surface area contributed by atoms with Crippen LogP contribution in [0, 0.1) is 6.92 Å². The average molecular weight is 198 g/mol. The normalized spacial score (nSPS) is 8.93. The summed E-state index contributed by atoms with van der Waals surface area (Å²) < 4.78 is 0. The molecule has 0 aromatic heterocycles. The third-order valence-electron chi connectivity index (χ3n) is 1.71. The lowest BCUT2D eigenvalue weighted by atomic mass is 10.1. The predicted molar refractivity (Wildman–Crippen MR) is 48.7 cm³/mol. The van der Waals surface area contributed by atoms with Gasteiger partial charge in [0.2, 0.25) is 0 Å². The first kappa shape index (κ1) is 12.1. The highest BCUT2D eigenvalue weighted by Crippen LogP contribution is 2.10. The van der Waals surface area contributed by atoms with Gasteiger partial charge in [0, 0.05) is 0 Å². The molecular formula is C9H10O5. The summed E-state index contributed by atoms with van der Waals surface area (Å²) >= 11 is 0. The summed E-state index contributed by atoms with van der Waals surface area (Å²) in [5.74, 6) is -2.23. The van der Waals surface area contributed by atoms with Crippen molar-refractivity contribution in [2.24, 2.45) is 0 Å². The van der Waals surface area contributed by atoms with Crippen LogP contribution in [0.4, 0.5) is 0 Å². The number of aryl methyl sites for hydroxylation is 1. The molecule has 4 N–H and O–H groups in total. The van der Waals surface area contributed by atoms with Gasteiger partial charge in [0.1, 0.15) is 0 Å². The highest BCUT2D eigenvalue weighted by Gasteiger charge is 2.10. The minimum atomic E-state index is -1.12. The SMILES string of the molecule is Cc1ccc(C(=O)O)cc1C(=O)O.O. The molecule has 1 aromatic rings. The molecule has 0 saturated carbocycles. The molecule has 0 saturated heterocycles. The highest BCUT2D eigenvalue weighted by atomic mass is 16.4. The second-order valence-electron chi connectivity index (χ2n) is 2.64. The lowest BCUT2D eigenvalue weighted by Gasteiger charge is -2.01. The summed E-state index contributed by atoms with van der Waals surface area (Å²) in [5, 5.41) is 17.3. The number of rotatable bonds is 2. The molecule has 0 atom stereocenters. The maximum absolute atomic E-state index is 10.6. The molecule has 0 unspecified atom stereocenters. The van der Waals surface area contributed by atoms with E-state index in [0.717, 1.165) is 6.07 Å². The number of aromatic carboxylic acids is 2. The Hall–Kier alpha value is -1.88. The van der Waals surface area contributed by atoms with E-state index in [1.54, 1.807) is 6.92 Å². The Morgan fingerprint density at radius 3 is 2.14 bits per heavy atom. The fraction of sp³-hybridized carbons (Fsp3) is 0.111. The Labute approximate surface area is 79.9 Å². The van der Waals surface area contributed by atoms with Crippen LogP contribution in [-0.4, -0.2) is 27.6 Å². The van der Waals surface area contributed by atoms with E-state index in [-0.39, 0.29) is 16.6 Å². The summed E-state index contributed by atoms with van der Waals surface area (Å²) in [6.45, 7) is 1.62. The molecule has 1 aromatic carbocycles. The van der Waals surface area contributed by atoms with Gasteiger partial charge in [-0.1, -0.05) is 6.07 Å². The number of benzene rings is 1. The molecule has 0 aliphatic carbocycles. The van der Waals surface area contributed by atoms with Gasteiger partial charge in [-0.15, -0.1) is 0 Å². The van der Waals surface area contributed by atoms with Gasteiger partial charge in [-0.05, 0) is 24.6 Å². The van der Waals surface area contributed by atoms with Crippen LogP contribution >= 0.6 is 0 Å². The van der Waals surface area contributed by atoms with Crippen molar-refractivity contribution in [3.05, 3.63) is 34.9 Å². The van der Waals surface area contributed by atoms with E-state index in [2.05, 4.69) is 0 Å². The fourth-order valence-corrected chi connectivity index (χ4v) is 0.985. The van der Waals surface area contributed by atoms with Crippen molar-refractivity contribution in [1.29, 1.82) is 0 Å². The summed E-state index contributed by atoms with van der Waals surface area (Å²) in [5.41, 5.74) is 0.570. The third kappa shape index (κ3) is 2.30. The fourth-order valence-electron chi connectivity index (χ4n) is 0.985. The van der Waals surface area contributed by atoms with Gasteiger partial charge in [-0.2, -0.15) is 0 Å².